The summed E-state index contributed by atoms with van der Waals surface area (Å²) in [5.41, 5.74) is 1.17. The number of benzene rings is 1. The number of ether oxygens (including phenoxy) is 1. The molecule has 0 saturated heterocycles. The number of aromatic nitrogens is 1. The molecule has 1 aromatic heterocycles. The zero-order valence-corrected chi connectivity index (χ0v) is 16.5. The number of carbonyl (C=O) groups is 3. The van der Waals surface area contributed by atoms with E-state index >= 15 is 0 Å². The largest absolute Gasteiger partial charge is 0.481 e. The van der Waals surface area contributed by atoms with Crippen LogP contribution in [0.1, 0.15) is 23.0 Å². The number of nitrogens with one attached hydrogen (secondary N) is 1. The van der Waals surface area contributed by atoms with Gasteiger partial charge >= 0.3 is 11.9 Å². The number of nitrogens with zero attached hydrogens (tertiary/aromatic N) is 1. The summed E-state index contributed by atoms with van der Waals surface area (Å²) in [7, 11) is 0. The van der Waals surface area contributed by atoms with E-state index in [4.69, 9.17) is 4.74 Å². The number of aliphatic carboxylic acids is 1. The van der Waals surface area contributed by atoms with Gasteiger partial charge < -0.3 is 15.2 Å². The normalized spacial score (nSPS) is 24.4. The van der Waals surface area contributed by atoms with Gasteiger partial charge in [0.05, 0.1) is 24.1 Å². The second-order valence-electron chi connectivity index (χ2n) is 7.11. The third-order valence-corrected chi connectivity index (χ3v) is 6.36. The van der Waals surface area contributed by atoms with Crippen molar-refractivity contribution in [2.45, 2.75) is 13.3 Å². The Balaban J connectivity index is 1.62. The molecule has 2 N–H and O–H groups in total. The van der Waals surface area contributed by atoms with Crippen LogP contribution in [0, 0.1) is 23.7 Å². The molecular weight excluding hydrogens is 392 g/mol. The number of rotatable bonds is 6. The summed E-state index contributed by atoms with van der Waals surface area (Å²) in [5.74, 6) is -3.41. The van der Waals surface area contributed by atoms with Crippen LogP contribution in [0.3, 0.4) is 0 Å². The van der Waals surface area contributed by atoms with E-state index in [-0.39, 0.29) is 29.5 Å². The number of carboxylic acid groups (broad SMARTS) is 1. The highest BCUT2D eigenvalue weighted by atomic mass is 32.1. The van der Waals surface area contributed by atoms with Crippen LogP contribution < -0.4 is 5.32 Å². The van der Waals surface area contributed by atoms with E-state index in [2.05, 4.69) is 10.3 Å². The van der Waals surface area contributed by atoms with E-state index in [1.54, 1.807) is 6.92 Å². The number of carbonyl (C=O) groups excluding carboxylic acids is 2. The van der Waals surface area contributed by atoms with Crippen molar-refractivity contribution in [2.24, 2.45) is 23.7 Å². The Kier molecular flexibility index (Phi) is 5.19. The molecular formula is C21H20N2O5S. The standard InChI is InChI=1S/C21H20N2O5S/c1-2-28-20(27)17-16(11-6-4-3-5-7-11)22-21(29-17)23-18(24)14-12-8-9-13(10-12)15(14)19(25)26/h3-9,12-15H,2,10H2,1H3,(H,25,26)(H,22,23,24)/t12-,13-,14+,15-/m0/s1. The average Bonchev–Trinajstić information content (AvgIpc) is 3.43. The predicted octanol–water partition coefficient (Wildman–Crippen LogP) is 3.45. The molecule has 7 nitrogen and oxygen atoms in total. The Labute approximate surface area is 171 Å². The molecule has 2 aliphatic rings. The van der Waals surface area contributed by atoms with Crippen molar-refractivity contribution in [1.29, 1.82) is 0 Å². The monoisotopic (exact) mass is 412 g/mol. The lowest BCUT2D eigenvalue weighted by molar-refractivity contribution is -0.146. The van der Waals surface area contributed by atoms with Crippen LogP contribution in [-0.2, 0) is 14.3 Å². The van der Waals surface area contributed by atoms with Gasteiger partial charge in [0.15, 0.2) is 5.13 Å². The Morgan fingerprint density at radius 3 is 2.52 bits per heavy atom. The minimum absolute atomic E-state index is 0.0841. The van der Waals surface area contributed by atoms with Crippen molar-refractivity contribution in [3.8, 4) is 11.3 Å². The van der Waals surface area contributed by atoms with E-state index in [0.29, 0.717) is 17.0 Å². The maximum Gasteiger partial charge on any atom is 0.350 e. The van der Waals surface area contributed by atoms with Crippen molar-refractivity contribution < 1.29 is 24.2 Å². The number of hydrogen-bond donors (Lipinski definition) is 2. The molecule has 2 aromatic rings. The number of amides is 1. The van der Waals surface area contributed by atoms with Gasteiger partial charge in [-0.05, 0) is 25.2 Å². The lowest BCUT2D eigenvalue weighted by Crippen LogP contribution is -2.36. The Hall–Kier alpha value is -3.00. The van der Waals surface area contributed by atoms with E-state index in [1.807, 2.05) is 42.5 Å². The number of hydrogen-bond acceptors (Lipinski definition) is 6. The summed E-state index contributed by atoms with van der Waals surface area (Å²) in [6, 6.07) is 9.17. The highest BCUT2D eigenvalue weighted by Gasteiger charge is 2.51. The Morgan fingerprint density at radius 1 is 1.17 bits per heavy atom. The van der Waals surface area contributed by atoms with Crippen LogP contribution in [-0.4, -0.2) is 34.5 Å². The van der Waals surface area contributed by atoms with Gasteiger partial charge in [0, 0.05) is 5.56 Å². The molecule has 8 heteroatoms. The molecule has 4 rings (SSSR count). The molecule has 150 valence electrons. The number of carboxylic acids is 1. The summed E-state index contributed by atoms with van der Waals surface area (Å²) in [5, 5.41) is 12.6. The number of thiazole rings is 1. The van der Waals surface area contributed by atoms with Crippen molar-refractivity contribution in [1.82, 2.24) is 4.98 Å². The predicted molar refractivity (Wildman–Crippen MR) is 107 cm³/mol. The van der Waals surface area contributed by atoms with E-state index < -0.39 is 23.8 Å². The fourth-order valence-corrected chi connectivity index (χ4v) is 5.09. The van der Waals surface area contributed by atoms with Gasteiger partial charge in [-0.3, -0.25) is 9.59 Å². The molecule has 1 heterocycles. The van der Waals surface area contributed by atoms with Crippen LogP contribution in [0.2, 0.25) is 0 Å². The molecule has 0 unspecified atom stereocenters. The van der Waals surface area contributed by atoms with Crippen LogP contribution in [0.25, 0.3) is 11.3 Å². The molecule has 1 aromatic carbocycles. The number of allylic oxidation sites excluding steroid dienone is 2. The highest BCUT2D eigenvalue weighted by Crippen LogP contribution is 2.48. The highest BCUT2D eigenvalue weighted by molar-refractivity contribution is 7.18. The van der Waals surface area contributed by atoms with Gasteiger partial charge in [0.2, 0.25) is 5.91 Å². The second kappa shape index (κ2) is 7.79. The summed E-state index contributed by atoms with van der Waals surface area (Å²) in [6.07, 6.45) is 4.49. The number of anilines is 1. The average molecular weight is 412 g/mol. The number of esters is 1. The first kappa shape index (κ1) is 19.3. The summed E-state index contributed by atoms with van der Waals surface area (Å²) in [4.78, 5) is 41.7. The first-order valence-electron chi connectivity index (χ1n) is 9.45. The van der Waals surface area contributed by atoms with Crippen LogP contribution in [0.15, 0.2) is 42.5 Å². The van der Waals surface area contributed by atoms with Gasteiger partial charge in [-0.1, -0.05) is 53.8 Å². The summed E-state index contributed by atoms with van der Waals surface area (Å²) in [6.45, 7) is 1.95. The fourth-order valence-electron chi connectivity index (χ4n) is 4.21. The third kappa shape index (κ3) is 3.55. The minimum Gasteiger partial charge on any atom is -0.481 e. The van der Waals surface area contributed by atoms with Gasteiger partial charge in [-0.15, -0.1) is 0 Å². The topological polar surface area (TPSA) is 106 Å². The molecule has 4 atom stereocenters. The molecule has 1 fully saturated rings. The molecule has 2 aliphatic carbocycles. The van der Waals surface area contributed by atoms with Crippen molar-refractivity contribution >= 4 is 34.3 Å². The van der Waals surface area contributed by atoms with Crippen LogP contribution in [0.5, 0.6) is 0 Å². The van der Waals surface area contributed by atoms with Crippen molar-refractivity contribution in [2.75, 3.05) is 11.9 Å². The second-order valence-corrected chi connectivity index (χ2v) is 8.11. The van der Waals surface area contributed by atoms with Gasteiger partial charge in [0.1, 0.15) is 4.88 Å². The zero-order chi connectivity index (χ0) is 20.5. The van der Waals surface area contributed by atoms with E-state index in [1.165, 1.54) is 0 Å². The molecule has 1 amide bonds. The quantitative estimate of drug-likeness (QED) is 0.556. The summed E-state index contributed by atoms with van der Waals surface area (Å²) < 4.78 is 5.13. The van der Waals surface area contributed by atoms with Gasteiger partial charge in [-0.25, -0.2) is 9.78 Å². The van der Waals surface area contributed by atoms with Gasteiger partial charge in [-0.2, -0.15) is 0 Å². The number of fused-ring (bicyclic) bond motifs is 2. The van der Waals surface area contributed by atoms with Crippen molar-refractivity contribution in [3.05, 3.63) is 47.4 Å². The zero-order valence-electron chi connectivity index (χ0n) is 15.7. The van der Waals surface area contributed by atoms with E-state index in [9.17, 15) is 19.5 Å². The third-order valence-electron chi connectivity index (χ3n) is 5.41. The van der Waals surface area contributed by atoms with Gasteiger partial charge in [0.25, 0.3) is 0 Å². The van der Waals surface area contributed by atoms with E-state index in [0.717, 1.165) is 16.9 Å². The van der Waals surface area contributed by atoms with Crippen molar-refractivity contribution in [3.63, 3.8) is 0 Å². The molecule has 0 aliphatic heterocycles. The summed E-state index contributed by atoms with van der Waals surface area (Å²) >= 11 is 1.04. The molecule has 0 radical (unpaired) electrons. The van der Waals surface area contributed by atoms with Crippen LogP contribution >= 0.6 is 11.3 Å². The smallest absolute Gasteiger partial charge is 0.350 e. The fraction of sp³-hybridized carbons (Fsp3) is 0.333. The Bertz CT molecular complexity index is 984. The lowest BCUT2D eigenvalue weighted by Gasteiger charge is -2.23. The molecule has 29 heavy (non-hydrogen) atoms. The van der Waals surface area contributed by atoms with Crippen LogP contribution in [0.4, 0.5) is 5.13 Å². The first-order chi connectivity index (χ1) is 14.0. The first-order valence-corrected chi connectivity index (χ1v) is 10.3. The minimum atomic E-state index is -0.960. The lowest BCUT2D eigenvalue weighted by atomic mass is 9.82. The maximum absolute atomic E-state index is 12.9. The Morgan fingerprint density at radius 2 is 1.86 bits per heavy atom. The molecule has 0 spiro atoms. The molecule has 2 bridgehead atoms. The molecule has 1 saturated carbocycles. The SMILES string of the molecule is CCOC(=O)c1sc(NC(=O)[C@H]2[C@@H](C(=O)O)[C@H]3C=C[C@H]2C3)nc1-c1ccccc1. The maximum atomic E-state index is 12.9.